The average molecular weight is 595 g/mol. The maximum Gasteiger partial charge on any atom is 0.0717 e. The Labute approximate surface area is 270 Å². The van der Waals surface area contributed by atoms with Crippen molar-refractivity contribution in [3.05, 3.63) is 156 Å². The largest absolute Gasteiger partial charge is 0.256 e. The number of hydrogen-bond donors (Lipinski definition) is 0. The van der Waals surface area contributed by atoms with Crippen LogP contribution in [0.1, 0.15) is 22.3 Å². The maximum atomic E-state index is 4.90. The molecule has 0 atom stereocenters. The molecule has 0 amide bonds. The Morgan fingerprint density at radius 3 is 1.02 bits per heavy atom. The Bertz CT molecular complexity index is 1970. The van der Waals surface area contributed by atoms with Crippen LogP contribution in [0.2, 0.25) is 0 Å². The predicted octanol–water partition coefficient (Wildman–Crippen LogP) is 10.5. The van der Waals surface area contributed by atoms with Crippen molar-refractivity contribution in [2.75, 3.05) is 0 Å². The molecular weight excluding hydrogens is 560 g/mol. The second kappa shape index (κ2) is 12.3. The minimum atomic E-state index is 0.919. The molecule has 0 aliphatic rings. The van der Waals surface area contributed by atoms with Gasteiger partial charge in [0.1, 0.15) is 0 Å². The number of hydrogen-bond acceptors (Lipinski definition) is 4. The molecule has 0 bridgehead atoms. The summed E-state index contributed by atoms with van der Waals surface area (Å²) in [6.45, 7) is 8.99. The topological polar surface area (TPSA) is 51.6 Å². The summed E-state index contributed by atoms with van der Waals surface area (Å²) in [5, 5.41) is 0. The van der Waals surface area contributed by atoms with Gasteiger partial charge in [0.25, 0.3) is 0 Å². The third-order valence-corrected chi connectivity index (χ3v) is 9.02. The van der Waals surface area contributed by atoms with E-state index < -0.39 is 0 Å². The molecule has 0 aliphatic carbocycles. The molecule has 0 spiro atoms. The first-order valence-corrected chi connectivity index (χ1v) is 15.6. The van der Waals surface area contributed by atoms with Crippen LogP contribution in [0.4, 0.5) is 0 Å². The van der Waals surface area contributed by atoms with Crippen molar-refractivity contribution in [3.63, 3.8) is 0 Å². The first kappa shape index (κ1) is 29.0. The van der Waals surface area contributed by atoms with Crippen LogP contribution in [-0.2, 0) is 0 Å². The summed E-state index contributed by atoms with van der Waals surface area (Å²) < 4.78 is 0. The molecule has 4 nitrogen and oxygen atoms in total. The van der Waals surface area contributed by atoms with Crippen molar-refractivity contribution in [1.29, 1.82) is 0 Å². The van der Waals surface area contributed by atoms with Gasteiger partial charge in [-0.2, -0.15) is 0 Å². The summed E-state index contributed by atoms with van der Waals surface area (Å²) >= 11 is 0. The quantitative estimate of drug-likeness (QED) is 0.192. The lowest BCUT2D eigenvalue weighted by atomic mass is 9.81. The molecule has 0 radical (unpaired) electrons. The molecule has 4 heteroatoms. The number of aromatic nitrogens is 4. The fourth-order valence-corrected chi connectivity index (χ4v) is 6.45. The van der Waals surface area contributed by atoms with Gasteiger partial charge in [0, 0.05) is 47.0 Å². The Morgan fingerprint density at radius 1 is 0.326 bits per heavy atom. The monoisotopic (exact) mass is 594 g/mol. The summed E-state index contributed by atoms with van der Waals surface area (Å²) in [7, 11) is 0. The zero-order chi connectivity index (χ0) is 31.6. The van der Waals surface area contributed by atoms with Crippen molar-refractivity contribution in [3.8, 4) is 67.3 Å². The minimum absolute atomic E-state index is 0.919. The van der Waals surface area contributed by atoms with Crippen LogP contribution in [-0.4, -0.2) is 19.9 Å². The smallest absolute Gasteiger partial charge is 0.0717 e. The van der Waals surface area contributed by atoms with Crippen LogP contribution in [0.15, 0.2) is 134 Å². The van der Waals surface area contributed by atoms with Crippen LogP contribution in [0.25, 0.3) is 67.3 Å². The Hall–Kier alpha value is -5.74. The summed E-state index contributed by atoms with van der Waals surface area (Å²) in [5.41, 5.74) is 17.9. The van der Waals surface area contributed by atoms with Crippen LogP contribution in [0.5, 0.6) is 0 Å². The summed E-state index contributed by atoms with van der Waals surface area (Å²) in [6.07, 6.45) is 7.46. The van der Waals surface area contributed by atoms with Crippen LogP contribution >= 0.6 is 0 Å². The fourth-order valence-electron chi connectivity index (χ4n) is 6.45. The second-order valence-corrected chi connectivity index (χ2v) is 11.6. The Balaban J connectivity index is 1.31. The maximum absolute atomic E-state index is 4.90. The number of pyridine rings is 4. The second-order valence-electron chi connectivity index (χ2n) is 11.6. The van der Waals surface area contributed by atoms with E-state index in [1.807, 2.05) is 61.2 Å². The van der Waals surface area contributed by atoms with Crippen molar-refractivity contribution in [2.45, 2.75) is 27.7 Å². The lowest BCUT2D eigenvalue weighted by Crippen LogP contribution is -2.02. The highest BCUT2D eigenvalue weighted by atomic mass is 14.7. The minimum Gasteiger partial charge on any atom is -0.256 e. The predicted molar refractivity (Wildman–Crippen MR) is 189 cm³/mol. The molecule has 0 fully saturated rings. The molecule has 0 saturated heterocycles. The molecule has 0 unspecified atom stereocenters. The van der Waals surface area contributed by atoms with Gasteiger partial charge in [-0.05, 0) is 121 Å². The van der Waals surface area contributed by atoms with Gasteiger partial charge in [-0.3, -0.25) is 19.9 Å². The van der Waals surface area contributed by atoms with E-state index in [9.17, 15) is 0 Å². The van der Waals surface area contributed by atoms with Crippen molar-refractivity contribution < 1.29 is 0 Å². The number of rotatable bonds is 6. The Kier molecular flexibility index (Phi) is 7.78. The van der Waals surface area contributed by atoms with E-state index in [0.717, 1.165) is 45.0 Å². The van der Waals surface area contributed by atoms with Gasteiger partial charge in [-0.15, -0.1) is 0 Å². The zero-order valence-electron chi connectivity index (χ0n) is 26.5. The van der Waals surface area contributed by atoms with Crippen molar-refractivity contribution in [1.82, 2.24) is 19.9 Å². The highest BCUT2D eigenvalue weighted by Crippen LogP contribution is 2.44. The fraction of sp³-hybridized carbons (Fsp3) is 0.0952. The third-order valence-electron chi connectivity index (χ3n) is 9.02. The molecule has 4 aromatic heterocycles. The lowest BCUT2D eigenvalue weighted by Gasteiger charge is -2.24. The summed E-state index contributed by atoms with van der Waals surface area (Å²) in [6, 6.07) is 37.5. The third kappa shape index (κ3) is 5.28. The molecule has 0 saturated carbocycles. The zero-order valence-corrected chi connectivity index (χ0v) is 26.5. The molecule has 7 aromatic rings. The van der Waals surface area contributed by atoms with E-state index in [4.69, 9.17) is 9.97 Å². The molecule has 0 N–H and O–H groups in total. The summed E-state index contributed by atoms with van der Waals surface area (Å²) in [5.74, 6) is 0. The SMILES string of the molecule is Cc1c(C)c(-c2ccccc2-c2ccc(-c3ccccn3)cn2)c(C)c(C)c1-c1ccccc1-c1ccc(-c2ccccn2)cn1. The van der Waals surface area contributed by atoms with Crippen LogP contribution < -0.4 is 0 Å². The molecule has 0 aliphatic heterocycles. The van der Waals surface area contributed by atoms with Gasteiger partial charge in [-0.1, -0.05) is 60.7 Å². The number of nitrogens with zero attached hydrogens (tertiary/aromatic N) is 4. The molecule has 3 aromatic carbocycles. The first-order valence-electron chi connectivity index (χ1n) is 15.6. The molecule has 7 rings (SSSR count). The van der Waals surface area contributed by atoms with Crippen molar-refractivity contribution in [2.24, 2.45) is 0 Å². The molecular formula is C42H34N4. The van der Waals surface area contributed by atoms with Crippen LogP contribution in [0, 0.1) is 27.7 Å². The highest BCUT2D eigenvalue weighted by Gasteiger charge is 2.21. The van der Waals surface area contributed by atoms with E-state index in [0.29, 0.717) is 0 Å². The lowest BCUT2D eigenvalue weighted by molar-refractivity contribution is 1.24. The van der Waals surface area contributed by atoms with Gasteiger partial charge in [0.15, 0.2) is 0 Å². The molecule has 222 valence electrons. The van der Waals surface area contributed by atoms with E-state index in [-0.39, 0.29) is 0 Å². The van der Waals surface area contributed by atoms with E-state index >= 15 is 0 Å². The Morgan fingerprint density at radius 2 is 0.696 bits per heavy atom. The standard InChI is InChI=1S/C42H34N4/c1-27-28(2)42(36-16-8-6-14-34(36)40-22-20-32(26-46-40)38-18-10-12-24-44-38)30(4)29(3)41(27)35-15-7-5-13-33(35)39-21-19-31(25-45-39)37-17-9-11-23-43-37/h5-26H,1-4H3. The van der Waals surface area contributed by atoms with Gasteiger partial charge >= 0.3 is 0 Å². The van der Waals surface area contributed by atoms with E-state index in [1.165, 1.54) is 44.5 Å². The van der Waals surface area contributed by atoms with E-state index in [1.54, 1.807) is 0 Å². The highest BCUT2D eigenvalue weighted by molar-refractivity contribution is 5.92. The number of benzene rings is 3. The van der Waals surface area contributed by atoms with Crippen molar-refractivity contribution >= 4 is 0 Å². The van der Waals surface area contributed by atoms with E-state index in [2.05, 4.69) is 110 Å². The van der Waals surface area contributed by atoms with Gasteiger partial charge in [0.05, 0.1) is 22.8 Å². The van der Waals surface area contributed by atoms with Gasteiger partial charge < -0.3 is 0 Å². The normalized spacial score (nSPS) is 11.0. The first-order chi connectivity index (χ1) is 22.5. The molecule has 4 heterocycles. The van der Waals surface area contributed by atoms with Gasteiger partial charge in [0.2, 0.25) is 0 Å². The average Bonchev–Trinajstić information content (AvgIpc) is 3.12. The van der Waals surface area contributed by atoms with Gasteiger partial charge in [-0.25, -0.2) is 0 Å². The summed E-state index contributed by atoms with van der Waals surface area (Å²) in [4.78, 5) is 18.8. The van der Waals surface area contributed by atoms with Crippen LogP contribution in [0.3, 0.4) is 0 Å². The molecule has 46 heavy (non-hydrogen) atoms.